The predicted molar refractivity (Wildman–Crippen MR) is 112 cm³/mol. The topological polar surface area (TPSA) is 89.0 Å². The lowest BCUT2D eigenvalue weighted by Gasteiger charge is -2.28. The molecule has 1 spiro atoms. The third-order valence-corrected chi connectivity index (χ3v) is 5.71. The van der Waals surface area contributed by atoms with Gasteiger partial charge < -0.3 is 15.4 Å². The van der Waals surface area contributed by atoms with E-state index >= 15 is 0 Å². The minimum Gasteiger partial charge on any atom is -0.435 e. The lowest BCUT2D eigenvalue weighted by molar-refractivity contribution is -0.128. The molecule has 0 aliphatic carbocycles. The summed E-state index contributed by atoms with van der Waals surface area (Å²) in [5, 5.41) is 15.6. The number of amides is 1. The molecule has 0 fully saturated rings. The number of hydrogen-bond acceptors (Lipinski definition) is 7. The second-order valence-corrected chi connectivity index (χ2v) is 7.87. The van der Waals surface area contributed by atoms with Crippen LogP contribution in [-0.2, 0) is 10.5 Å². The van der Waals surface area contributed by atoms with E-state index in [2.05, 4.69) is 32.4 Å². The monoisotopic (exact) mass is 423 g/mol. The van der Waals surface area contributed by atoms with Crippen molar-refractivity contribution in [3.8, 4) is 17.1 Å². The van der Waals surface area contributed by atoms with Gasteiger partial charge in [-0.1, -0.05) is 47.6 Å². The van der Waals surface area contributed by atoms with Gasteiger partial charge in [-0.15, -0.1) is 16.8 Å². The Kier molecular flexibility index (Phi) is 4.18. The smallest absolute Gasteiger partial charge is 0.295 e. The van der Waals surface area contributed by atoms with Crippen molar-refractivity contribution in [3.05, 3.63) is 65.7 Å². The molecule has 0 radical (unpaired) electrons. The summed E-state index contributed by atoms with van der Waals surface area (Å²) in [7, 11) is 0. The molecule has 3 heterocycles. The number of carbonyl (C=O) groups excluding carboxylic acids is 1. The summed E-state index contributed by atoms with van der Waals surface area (Å²) in [6, 6.07) is 12.6. The van der Waals surface area contributed by atoms with Crippen LogP contribution in [0.5, 0.6) is 5.88 Å². The molecule has 144 valence electrons. The lowest BCUT2D eigenvalue weighted by atomic mass is 10.0. The molecule has 2 aliphatic heterocycles. The van der Waals surface area contributed by atoms with E-state index in [1.54, 1.807) is 24.3 Å². The van der Waals surface area contributed by atoms with E-state index < -0.39 is 5.72 Å². The van der Waals surface area contributed by atoms with Crippen molar-refractivity contribution < 1.29 is 9.53 Å². The minimum absolute atomic E-state index is 0.215. The molecule has 2 aliphatic rings. The Morgan fingerprint density at radius 2 is 2.07 bits per heavy atom. The van der Waals surface area contributed by atoms with Gasteiger partial charge in [-0.2, -0.15) is 4.98 Å². The summed E-state index contributed by atoms with van der Waals surface area (Å²) in [4.78, 5) is 17.6. The fourth-order valence-electron chi connectivity index (χ4n) is 3.37. The van der Waals surface area contributed by atoms with Gasteiger partial charge in [0.15, 0.2) is 5.69 Å². The first-order valence-electron chi connectivity index (χ1n) is 8.77. The van der Waals surface area contributed by atoms with Crippen molar-refractivity contribution in [1.29, 1.82) is 0 Å². The summed E-state index contributed by atoms with van der Waals surface area (Å²) in [6.07, 6.45) is 1.75. The highest BCUT2D eigenvalue weighted by atomic mass is 35.5. The Labute approximate surface area is 175 Å². The first kappa shape index (κ1) is 18.0. The number of nitrogens with one attached hydrogen (secondary N) is 2. The zero-order chi connectivity index (χ0) is 20.0. The highest BCUT2D eigenvalue weighted by Crippen LogP contribution is 2.47. The molecular formula is C20H14ClN5O2S. The van der Waals surface area contributed by atoms with Gasteiger partial charge in [-0.05, 0) is 24.3 Å². The van der Waals surface area contributed by atoms with Gasteiger partial charge in [0, 0.05) is 22.0 Å². The molecule has 5 rings (SSSR count). The summed E-state index contributed by atoms with van der Waals surface area (Å²) in [5.41, 5.74) is 1.54. The fraction of sp³-hybridized carbons (Fsp3) is 0.100. The van der Waals surface area contributed by atoms with Gasteiger partial charge in [0.1, 0.15) is 0 Å². The minimum atomic E-state index is -1.53. The maximum absolute atomic E-state index is 13.1. The van der Waals surface area contributed by atoms with Gasteiger partial charge >= 0.3 is 0 Å². The largest absolute Gasteiger partial charge is 0.435 e. The molecule has 0 bridgehead atoms. The summed E-state index contributed by atoms with van der Waals surface area (Å²) in [5.74, 6) is 0.475. The van der Waals surface area contributed by atoms with Crippen LogP contribution in [0.3, 0.4) is 0 Å². The third-order valence-electron chi connectivity index (χ3n) is 4.64. The van der Waals surface area contributed by atoms with E-state index in [0.29, 0.717) is 38.6 Å². The predicted octanol–water partition coefficient (Wildman–Crippen LogP) is 4.08. The summed E-state index contributed by atoms with van der Waals surface area (Å²) >= 11 is 7.60. The van der Waals surface area contributed by atoms with Crippen molar-refractivity contribution in [1.82, 2.24) is 15.2 Å². The molecule has 1 unspecified atom stereocenters. The Morgan fingerprint density at radius 3 is 2.93 bits per heavy atom. The van der Waals surface area contributed by atoms with Crippen LogP contribution in [0.15, 0.2) is 60.3 Å². The molecule has 1 amide bonds. The van der Waals surface area contributed by atoms with E-state index in [0.717, 1.165) is 5.56 Å². The number of hydrogen-bond donors (Lipinski definition) is 2. The van der Waals surface area contributed by atoms with Crippen LogP contribution in [0.4, 0.5) is 11.4 Å². The average molecular weight is 424 g/mol. The fourth-order valence-corrected chi connectivity index (χ4v) is 4.05. The Balaban J connectivity index is 1.73. The first-order chi connectivity index (χ1) is 14.1. The number of aromatic nitrogens is 3. The molecule has 7 nitrogen and oxygen atoms in total. The quantitative estimate of drug-likeness (QED) is 0.484. The first-order valence-corrected chi connectivity index (χ1v) is 10.1. The number of para-hydroxylation sites is 1. The highest BCUT2D eigenvalue weighted by molar-refractivity contribution is 7.99. The SMILES string of the molecule is C=CCSc1nnc2c(n1)OC1(Nc3ccccc3-2)C(=O)Nc2ccc(Cl)cc21. The maximum Gasteiger partial charge on any atom is 0.295 e. The zero-order valence-corrected chi connectivity index (χ0v) is 16.5. The van der Waals surface area contributed by atoms with Gasteiger partial charge in [0.2, 0.25) is 11.0 Å². The van der Waals surface area contributed by atoms with Gasteiger partial charge in [0.05, 0.1) is 11.3 Å². The molecule has 3 aromatic rings. The van der Waals surface area contributed by atoms with E-state index in [4.69, 9.17) is 16.3 Å². The second kappa shape index (κ2) is 6.75. The summed E-state index contributed by atoms with van der Waals surface area (Å²) in [6.45, 7) is 3.71. The van der Waals surface area contributed by atoms with Crippen LogP contribution in [0.25, 0.3) is 11.3 Å². The van der Waals surface area contributed by atoms with Crippen molar-refractivity contribution in [2.75, 3.05) is 16.4 Å². The Morgan fingerprint density at radius 1 is 1.21 bits per heavy atom. The van der Waals surface area contributed by atoms with E-state index in [-0.39, 0.29) is 11.8 Å². The van der Waals surface area contributed by atoms with Crippen molar-refractivity contribution >= 4 is 40.6 Å². The van der Waals surface area contributed by atoms with Crippen molar-refractivity contribution in [2.45, 2.75) is 10.9 Å². The van der Waals surface area contributed by atoms with Crippen LogP contribution in [0.1, 0.15) is 5.56 Å². The van der Waals surface area contributed by atoms with E-state index in [1.165, 1.54) is 11.8 Å². The average Bonchev–Trinajstić information content (AvgIpc) is 2.89. The molecule has 9 heteroatoms. The Hall–Kier alpha value is -3.10. The molecule has 29 heavy (non-hydrogen) atoms. The highest BCUT2D eigenvalue weighted by Gasteiger charge is 2.52. The molecule has 2 N–H and O–H groups in total. The number of benzene rings is 2. The Bertz CT molecular complexity index is 1170. The second-order valence-electron chi connectivity index (χ2n) is 6.45. The van der Waals surface area contributed by atoms with Crippen LogP contribution < -0.4 is 15.4 Å². The number of carbonyl (C=O) groups is 1. The lowest BCUT2D eigenvalue weighted by Crippen LogP contribution is -2.47. The van der Waals surface area contributed by atoms with Crippen LogP contribution in [0, 0.1) is 0 Å². The van der Waals surface area contributed by atoms with Gasteiger partial charge in [-0.3, -0.25) is 4.79 Å². The molecule has 1 atom stereocenters. The summed E-state index contributed by atoms with van der Waals surface area (Å²) < 4.78 is 6.27. The number of anilines is 2. The number of rotatable bonds is 3. The number of ether oxygens (including phenoxy) is 1. The molecule has 2 aromatic carbocycles. The number of halogens is 1. The van der Waals surface area contributed by atoms with Crippen LogP contribution >= 0.6 is 23.4 Å². The number of nitrogens with zero attached hydrogens (tertiary/aromatic N) is 3. The van der Waals surface area contributed by atoms with Crippen LogP contribution in [0.2, 0.25) is 5.02 Å². The molecule has 0 saturated carbocycles. The van der Waals surface area contributed by atoms with Crippen LogP contribution in [-0.4, -0.2) is 26.8 Å². The molecule has 0 saturated heterocycles. The third kappa shape index (κ3) is 2.83. The van der Waals surface area contributed by atoms with Crippen molar-refractivity contribution in [2.24, 2.45) is 0 Å². The number of thioether (sulfide) groups is 1. The standard InChI is InChI=1S/C20H14ClN5O2S/c1-2-9-29-19-23-17-16(25-26-19)12-5-3-4-6-14(12)24-20(28-17)13-10-11(21)7-8-15(13)22-18(20)27/h2-8,10,24H,1,9H2,(H,22,27). The number of fused-ring (bicyclic) bond motifs is 5. The van der Waals surface area contributed by atoms with E-state index in [9.17, 15) is 4.79 Å². The zero-order valence-electron chi connectivity index (χ0n) is 15.0. The van der Waals surface area contributed by atoms with Gasteiger partial charge in [0.25, 0.3) is 11.6 Å². The van der Waals surface area contributed by atoms with Crippen molar-refractivity contribution in [3.63, 3.8) is 0 Å². The maximum atomic E-state index is 13.1. The van der Waals surface area contributed by atoms with E-state index in [1.807, 2.05) is 24.3 Å². The molecule has 1 aromatic heterocycles. The normalized spacial score (nSPS) is 18.6. The molecular weight excluding hydrogens is 410 g/mol. The van der Waals surface area contributed by atoms with Gasteiger partial charge in [-0.25, -0.2) is 0 Å².